The lowest BCUT2D eigenvalue weighted by atomic mass is 9.88. The van der Waals surface area contributed by atoms with E-state index in [1.165, 1.54) is 0 Å². The Kier molecular flexibility index (Phi) is 9.75. The molecule has 0 spiro atoms. The maximum atomic E-state index is 13.9. The number of carbonyl (C=O) groups excluding carboxylic acids is 1. The van der Waals surface area contributed by atoms with E-state index in [4.69, 9.17) is 14.2 Å². The van der Waals surface area contributed by atoms with Crippen molar-refractivity contribution in [2.24, 2.45) is 0 Å². The first-order chi connectivity index (χ1) is 18.2. The van der Waals surface area contributed by atoms with Crippen LogP contribution in [-0.2, 0) is 0 Å². The van der Waals surface area contributed by atoms with Crippen molar-refractivity contribution in [2.75, 3.05) is 20.8 Å². The van der Waals surface area contributed by atoms with Gasteiger partial charge in [-0.1, -0.05) is 0 Å². The van der Waals surface area contributed by atoms with Crippen LogP contribution in [0.15, 0.2) is 12.1 Å². The molecule has 4 nitrogen and oxygen atoms in total. The fourth-order valence-corrected chi connectivity index (χ4v) is 2.95. The van der Waals surface area contributed by atoms with Gasteiger partial charge >= 0.3 is 47.6 Å². The molecule has 238 valence electrons. The van der Waals surface area contributed by atoms with Gasteiger partial charge in [-0.05, 0) is 6.42 Å². The number of aldehydes is 1. The molecule has 0 N–H and O–H groups in total. The van der Waals surface area contributed by atoms with Gasteiger partial charge in [0.05, 0.1) is 26.4 Å². The van der Waals surface area contributed by atoms with E-state index in [1.807, 2.05) is 0 Å². The molecule has 0 heterocycles. The van der Waals surface area contributed by atoms with Gasteiger partial charge in [0.15, 0.2) is 6.29 Å². The minimum atomic E-state index is -8.67. The molecule has 1 rings (SSSR count). The van der Waals surface area contributed by atoms with E-state index in [-0.39, 0.29) is 23.3 Å². The highest BCUT2D eigenvalue weighted by molar-refractivity contribution is 5.84. The monoisotopic (exact) mass is 642 g/mol. The van der Waals surface area contributed by atoms with Gasteiger partial charge in [0, 0.05) is 18.6 Å². The first-order valence-electron chi connectivity index (χ1n) is 10.2. The number of benzene rings is 1. The second-order valence-corrected chi connectivity index (χ2v) is 7.96. The number of hydrogen-bond acceptors (Lipinski definition) is 4. The van der Waals surface area contributed by atoms with E-state index < -0.39 is 72.8 Å². The molecule has 0 saturated heterocycles. The Morgan fingerprint density at radius 1 is 0.610 bits per heavy atom. The predicted octanol–water partition coefficient (Wildman–Crippen LogP) is 7.68. The number of halogens is 17. The van der Waals surface area contributed by atoms with Crippen LogP contribution in [-0.4, -0.2) is 74.7 Å². The second-order valence-electron chi connectivity index (χ2n) is 7.96. The van der Waals surface area contributed by atoms with Crippen LogP contribution in [0.5, 0.6) is 17.2 Å². The number of ether oxygens (including phenoxy) is 3. The van der Waals surface area contributed by atoms with Crippen LogP contribution in [0.2, 0.25) is 0 Å². The van der Waals surface area contributed by atoms with Crippen LogP contribution in [0.4, 0.5) is 74.6 Å². The maximum Gasteiger partial charge on any atom is 0.460 e. The van der Waals surface area contributed by atoms with Crippen molar-refractivity contribution in [3.8, 4) is 17.2 Å². The summed E-state index contributed by atoms with van der Waals surface area (Å²) in [6.45, 7) is -1.16. The maximum absolute atomic E-state index is 13.9. The van der Waals surface area contributed by atoms with Gasteiger partial charge in [-0.15, -0.1) is 0 Å². The Morgan fingerprint density at radius 2 is 0.976 bits per heavy atom. The molecule has 0 aliphatic carbocycles. The number of carbonyl (C=O) groups is 1. The number of methoxy groups -OCH3 is 2. The van der Waals surface area contributed by atoms with Gasteiger partial charge in [0.1, 0.15) is 17.2 Å². The van der Waals surface area contributed by atoms with Crippen molar-refractivity contribution in [1.82, 2.24) is 0 Å². The van der Waals surface area contributed by atoms with Crippen molar-refractivity contribution in [3.05, 3.63) is 17.7 Å². The minimum Gasteiger partial charge on any atom is -0.496 e. The summed E-state index contributed by atoms with van der Waals surface area (Å²) < 4.78 is 240. The Hall–Kier alpha value is -2.90. The standard InChI is InChI=1S/C20H15F17O4/c1-39-11-6-9(7-12(40-2)10(11)8-38)41-5-3-4-13(21,22)14(23,24)15(25,26)16(27,28)17(29,30)18(31,32)19(33,34)20(35,36)37/h6-8H,3-5H2,1-2H3. The lowest BCUT2D eigenvalue weighted by Gasteiger charge is -2.42. The zero-order chi connectivity index (χ0) is 32.7. The van der Waals surface area contributed by atoms with Crippen LogP contribution in [0.25, 0.3) is 0 Å². The van der Waals surface area contributed by atoms with Gasteiger partial charge < -0.3 is 14.2 Å². The van der Waals surface area contributed by atoms with Crippen molar-refractivity contribution in [3.63, 3.8) is 0 Å². The van der Waals surface area contributed by atoms with Gasteiger partial charge in [-0.25, -0.2) is 0 Å². The highest BCUT2D eigenvalue weighted by Gasteiger charge is 2.95. The first-order valence-corrected chi connectivity index (χ1v) is 10.2. The third kappa shape index (κ3) is 5.63. The summed E-state index contributed by atoms with van der Waals surface area (Å²) in [5.74, 6) is -57.5. The molecule has 21 heteroatoms. The highest BCUT2D eigenvalue weighted by atomic mass is 19.4. The van der Waals surface area contributed by atoms with E-state index in [1.54, 1.807) is 0 Å². The summed E-state index contributed by atoms with van der Waals surface area (Å²) >= 11 is 0. The molecule has 0 aliphatic rings. The molecule has 0 radical (unpaired) electrons. The van der Waals surface area contributed by atoms with Gasteiger partial charge in [-0.3, -0.25) is 4.79 Å². The van der Waals surface area contributed by atoms with Crippen molar-refractivity contribution >= 4 is 6.29 Å². The molecule has 1 aromatic rings. The van der Waals surface area contributed by atoms with E-state index >= 15 is 0 Å². The Labute approximate surface area is 217 Å². The molecule has 0 amide bonds. The smallest absolute Gasteiger partial charge is 0.460 e. The van der Waals surface area contributed by atoms with Crippen LogP contribution in [0, 0.1) is 0 Å². The first kappa shape index (κ1) is 36.1. The normalized spacial score (nSPS) is 14.6. The molecule has 0 aliphatic heterocycles. The van der Waals surface area contributed by atoms with E-state index in [2.05, 4.69) is 0 Å². The third-order valence-electron chi connectivity index (χ3n) is 5.33. The van der Waals surface area contributed by atoms with E-state index in [0.717, 1.165) is 26.4 Å². The summed E-state index contributed by atoms with van der Waals surface area (Å²) in [4.78, 5) is 11.1. The molecule has 41 heavy (non-hydrogen) atoms. The fourth-order valence-electron chi connectivity index (χ4n) is 2.95. The molecule has 0 atom stereocenters. The SMILES string of the molecule is COc1cc(OCCCC(F)(F)C(F)(F)C(F)(F)C(F)(F)C(F)(F)C(F)(F)C(F)(F)C(F)(F)F)cc(OC)c1C=O. The molecule has 0 bridgehead atoms. The predicted molar refractivity (Wildman–Crippen MR) is 100 cm³/mol. The van der Waals surface area contributed by atoms with Crippen molar-refractivity contribution < 1.29 is 93.6 Å². The Morgan fingerprint density at radius 3 is 1.32 bits per heavy atom. The summed E-state index contributed by atoms with van der Waals surface area (Å²) in [6, 6.07) is 1.82. The highest BCUT2D eigenvalue weighted by Crippen LogP contribution is 2.64. The molecular weight excluding hydrogens is 627 g/mol. The molecule has 0 unspecified atom stereocenters. The Balaban J connectivity index is 3.26. The zero-order valence-corrected chi connectivity index (χ0v) is 19.9. The van der Waals surface area contributed by atoms with Gasteiger partial charge in [0.25, 0.3) is 0 Å². The summed E-state index contributed by atoms with van der Waals surface area (Å²) in [7, 11) is 2.07. The topological polar surface area (TPSA) is 44.8 Å². The quantitative estimate of drug-likeness (QED) is 0.119. The van der Waals surface area contributed by atoms with Crippen molar-refractivity contribution in [2.45, 2.75) is 60.5 Å². The fraction of sp³-hybridized carbons (Fsp3) is 0.650. The van der Waals surface area contributed by atoms with Crippen LogP contribution < -0.4 is 14.2 Å². The molecule has 1 aromatic carbocycles. The van der Waals surface area contributed by atoms with Crippen LogP contribution >= 0.6 is 0 Å². The van der Waals surface area contributed by atoms with E-state index in [9.17, 15) is 79.4 Å². The molecular formula is C20H15F17O4. The average molecular weight is 642 g/mol. The van der Waals surface area contributed by atoms with Gasteiger partial charge in [0.2, 0.25) is 0 Å². The molecule has 0 fully saturated rings. The van der Waals surface area contributed by atoms with Crippen LogP contribution in [0.3, 0.4) is 0 Å². The summed E-state index contributed by atoms with van der Waals surface area (Å²) in [5, 5.41) is 0. The van der Waals surface area contributed by atoms with Crippen molar-refractivity contribution in [1.29, 1.82) is 0 Å². The second kappa shape index (κ2) is 11.1. The largest absolute Gasteiger partial charge is 0.496 e. The lowest BCUT2D eigenvalue weighted by Crippen LogP contribution is -2.74. The lowest BCUT2D eigenvalue weighted by molar-refractivity contribution is -0.461. The number of rotatable bonds is 14. The molecule has 0 aromatic heterocycles. The number of hydrogen-bond donors (Lipinski definition) is 0. The minimum absolute atomic E-state index is 0.202. The third-order valence-corrected chi connectivity index (χ3v) is 5.33. The number of alkyl halides is 17. The summed E-state index contributed by atoms with van der Waals surface area (Å²) in [5.41, 5.74) is -0.202. The Bertz CT molecular complexity index is 1060. The molecule has 0 saturated carbocycles. The van der Waals surface area contributed by atoms with Crippen LogP contribution in [0.1, 0.15) is 23.2 Å². The average Bonchev–Trinajstić information content (AvgIpc) is 2.84. The zero-order valence-electron chi connectivity index (χ0n) is 19.9. The van der Waals surface area contributed by atoms with Gasteiger partial charge in [-0.2, -0.15) is 74.6 Å². The van der Waals surface area contributed by atoms with E-state index in [0.29, 0.717) is 0 Å². The summed E-state index contributed by atoms with van der Waals surface area (Å²) in [6.07, 6.45) is -11.7.